The molecule has 0 heterocycles. The van der Waals surface area contributed by atoms with Crippen LogP contribution in [0.2, 0.25) is 0 Å². The molecule has 2 aromatic carbocycles. The summed E-state index contributed by atoms with van der Waals surface area (Å²) in [5, 5.41) is 20.9. The second-order valence-electron chi connectivity index (χ2n) is 5.21. The third-order valence-electron chi connectivity index (χ3n) is 3.23. The number of benzene rings is 2. The molecule has 4 nitrogen and oxygen atoms in total. The van der Waals surface area contributed by atoms with Crippen LogP contribution in [0.15, 0.2) is 36.4 Å². The molecule has 0 aliphatic rings. The molecule has 0 aliphatic heterocycles. The molecule has 0 fully saturated rings. The van der Waals surface area contributed by atoms with Crippen molar-refractivity contribution >= 4 is 35.0 Å². The van der Waals surface area contributed by atoms with Crippen LogP contribution in [-0.2, 0) is 0 Å². The molecule has 2 rings (SSSR count). The van der Waals surface area contributed by atoms with Gasteiger partial charge in [-0.1, -0.05) is 35.4 Å². The zero-order valence-corrected chi connectivity index (χ0v) is 15.2. The second kappa shape index (κ2) is 9.32. The van der Waals surface area contributed by atoms with Crippen LogP contribution in [0.25, 0.3) is 0 Å². The fraction of sp³-hybridized carbons (Fsp3) is 0.222. The largest absolute Gasteiger partial charge is 2.00 e. The molecule has 5 heteroatoms. The van der Waals surface area contributed by atoms with Crippen LogP contribution in [0, 0.1) is 27.7 Å². The summed E-state index contributed by atoms with van der Waals surface area (Å²) in [6, 6.07) is 10.5. The molecule has 0 N–H and O–H groups in total. The van der Waals surface area contributed by atoms with E-state index in [1.54, 1.807) is 38.1 Å². The molecule has 0 saturated heterocycles. The van der Waals surface area contributed by atoms with Crippen molar-refractivity contribution in [2.45, 2.75) is 27.7 Å². The van der Waals surface area contributed by atoms with Gasteiger partial charge in [-0.3, -0.25) is 0 Å². The molecular formula is C18H18MgO4. The zero-order chi connectivity index (χ0) is 16.9. The molecule has 2 aromatic rings. The van der Waals surface area contributed by atoms with E-state index in [2.05, 4.69) is 0 Å². The summed E-state index contributed by atoms with van der Waals surface area (Å²) in [6.07, 6.45) is 0. The summed E-state index contributed by atoms with van der Waals surface area (Å²) in [5.41, 5.74) is 3.94. The number of aromatic carboxylic acids is 2. The van der Waals surface area contributed by atoms with Crippen molar-refractivity contribution in [3.8, 4) is 0 Å². The molecule has 0 spiro atoms. The van der Waals surface area contributed by atoms with Gasteiger partial charge in [0.05, 0.1) is 11.9 Å². The number of hydrogen-bond donors (Lipinski definition) is 0. The number of carbonyl (C=O) groups is 2. The van der Waals surface area contributed by atoms with Gasteiger partial charge in [0.25, 0.3) is 0 Å². The van der Waals surface area contributed by atoms with Gasteiger partial charge in [0, 0.05) is 11.1 Å². The Morgan fingerprint density at radius 2 is 1.00 bits per heavy atom. The van der Waals surface area contributed by atoms with Crippen molar-refractivity contribution in [1.29, 1.82) is 0 Å². The van der Waals surface area contributed by atoms with Gasteiger partial charge >= 0.3 is 23.1 Å². The van der Waals surface area contributed by atoms with Gasteiger partial charge in [-0.2, -0.15) is 0 Å². The summed E-state index contributed by atoms with van der Waals surface area (Å²) in [4.78, 5) is 20.9. The molecular weight excluding hydrogens is 304 g/mol. The van der Waals surface area contributed by atoms with Crippen molar-refractivity contribution in [3.05, 3.63) is 69.8 Å². The molecule has 116 valence electrons. The van der Waals surface area contributed by atoms with Gasteiger partial charge in [0.2, 0.25) is 0 Å². The minimum absolute atomic E-state index is 0. The second-order valence-corrected chi connectivity index (χ2v) is 5.21. The molecule has 0 unspecified atom stereocenters. The zero-order valence-electron chi connectivity index (χ0n) is 13.8. The first-order valence-corrected chi connectivity index (χ1v) is 6.79. The van der Waals surface area contributed by atoms with Gasteiger partial charge in [0.15, 0.2) is 0 Å². The van der Waals surface area contributed by atoms with Gasteiger partial charge in [-0.05, 0) is 51.0 Å². The maximum absolute atomic E-state index is 10.5. The quantitative estimate of drug-likeness (QED) is 0.771. The van der Waals surface area contributed by atoms with Crippen LogP contribution in [0.1, 0.15) is 43.0 Å². The number of carboxylic acid groups (broad SMARTS) is 2. The molecule has 0 amide bonds. The minimum Gasteiger partial charge on any atom is -0.545 e. The van der Waals surface area contributed by atoms with Crippen molar-refractivity contribution in [2.75, 3.05) is 0 Å². The SMILES string of the molecule is Cc1ccc(C)c(C(=O)[O-])c1.Cc1ccc(C)c(C(=O)[O-])c1.[Mg+2]. The summed E-state index contributed by atoms with van der Waals surface area (Å²) in [5.74, 6) is -2.21. The van der Waals surface area contributed by atoms with Crippen LogP contribution < -0.4 is 10.2 Å². The average molecular weight is 323 g/mol. The molecule has 0 saturated carbocycles. The van der Waals surface area contributed by atoms with E-state index >= 15 is 0 Å². The predicted octanol–water partition coefficient (Wildman–Crippen LogP) is 0.953. The van der Waals surface area contributed by atoms with Gasteiger partial charge in [-0.15, -0.1) is 0 Å². The maximum Gasteiger partial charge on any atom is 2.00 e. The predicted molar refractivity (Wildman–Crippen MR) is 86.2 cm³/mol. The van der Waals surface area contributed by atoms with E-state index in [9.17, 15) is 19.8 Å². The summed E-state index contributed by atoms with van der Waals surface area (Å²) in [6.45, 7) is 7.22. The van der Waals surface area contributed by atoms with Crippen molar-refractivity contribution in [3.63, 3.8) is 0 Å². The standard InChI is InChI=1S/2C9H10O2.Mg/c2*1-6-3-4-7(2)8(5-6)9(10)11;/h2*3-5H,1-2H3,(H,10,11);/q;;+2/p-2. The van der Waals surface area contributed by atoms with E-state index in [4.69, 9.17) is 0 Å². The topological polar surface area (TPSA) is 80.3 Å². The summed E-state index contributed by atoms with van der Waals surface area (Å²) < 4.78 is 0. The first-order chi connectivity index (χ1) is 10.2. The van der Waals surface area contributed by atoms with E-state index in [1.165, 1.54) is 0 Å². The first kappa shape index (κ1) is 21.1. The van der Waals surface area contributed by atoms with Gasteiger partial charge < -0.3 is 19.8 Å². The smallest absolute Gasteiger partial charge is 0.545 e. The fourth-order valence-electron chi connectivity index (χ4n) is 1.91. The van der Waals surface area contributed by atoms with E-state index < -0.39 is 11.9 Å². The Morgan fingerprint density at radius 3 is 1.22 bits per heavy atom. The Balaban J connectivity index is 0.000000403. The van der Waals surface area contributed by atoms with Gasteiger partial charge in [-0.25, -0.2) is 0 Å². The van der Waals surface area contributed by atoms with E-state index in [0.29, 0.717) is 0 Å². The molecule has 0 aromatic heterocycles. The number of carboxylic acids is 2. The Labute approximate surface area is 152 Å². The van der Waals surface area contributed by atoms with Crippen molar-refractivity contribution < 1.29 is 19.8 Å². The molecule has 0 bridgehead atoms. The average Bonchev–Trinajstić information content (AvgIpc) is 2.44. The Kier molecular flexibility index (Phi) is 8.57. The number of aryl methyl sites for hydroxylation is 4. The third-order valence-corrected chi connectivity index (χ3v) is 3.23. The van der Waals surface area contributed by atoms with Crippen LogP contribution in [0.3, 0.4) is 0 Å². The van der Waals surface area contributed by atoms with E-state index in [1.807, 2.05) is 26.0 Å². The Bertz CT molecular complexity index is 647. The maximum atomic E-state index is 10.5. The van der Waals surface area contributed by atoms with Crippen LogP contribution in [-0.4, -0.2) is 35.0 Å². The molecule has 0 atom stereocenters. The normalized spacial score (nSPS) is 9.22. The van der Waals surface area contributed by atoms with Crippen molar-refractivity contribution in [2.24, 2.45) is 0 Å². The number of rotatable bonds is 2. The minimum atomic E-state index is -1.11. The first-order valence-electron chi connectivity index (χ1n) is 6.79. The van der Waals surface area contributed by atoms with Crippen LogP contribution >= 0.6 is 0 Å². The fourth-order valence-corrected chi connectivity index (χ4v) is 1.91. The third kappa shape index (κ3) is 6.42. The number of carbonyl (C=O) groups excluding carboxylic acids is 2. The monoisotopic (exact) mass is 322 g/mol. The van der Waals surface area contributed by atoms with Crippen LogP contribution in [0.4, 0.5) is 0 Å². The van der Waals surface area contributed by atoms with Gasteiger partial charge in [0.1, 0.15) is 0 Å². The van der Waals surface area contributed by atoms with E-state index in [0.717, 1.165) is 22.3 Å². The molecule has 0 radical (unpaired) electrons. The van der Waals surface area contributed by atoms with E-state index in [-0.39, 0.29) is 34.2 Å². The molecule has 0 aliphatic carbocycles. The summed E-state index contributed by atoms with van der Waals surface area (Å²) >= 11 is 0. The summed E-state index contributed by atoms with van der Waals surface area (Å²) in [7, 11) is 0. The molecule has 23 heavy (non-hydrogen) atoms. The number of hydrogen-bond acceptors (Lipinski definition) is 4. The Hall–Kier alpha value is -1.85. The Morgan fingerprint density at radius 1 is 0.696 bits per heavy atom. The van der Waals surface area contributed by atoms with Crippen molar-refractivity contribution in [1.82, 2.24) is 0 Å². The van der Waals surface area contributed by atoms with Crippen LogP contribution in [0.5, 0.6) is 0 Å².